The molecule has 0 amide bonds. The average molecular weight is 279 g/mol. The van der Waals surface area contributed by atoms with E-state index < -0.39 is 6.61 Å². The molecule has 0 unspecified atom stereocenters. The van der Waals surface area contributed by atoms with Gasteiger partial charge in [0, 0.05) is 5.56 Å². The summed E-state index contributed by atoms with van der Waals surface area (Å²) in [5.74, 6) is -0.208. The maximum Gasteiger partial charge on any atom is 0.387 e. The molecule has 0 aromatic heterocycles. The van der Waals surface area contributed by atoms with Gasteiger partial charge in [-0.25, -0.2) is 0 Å². The molecule has 0 aliphatic heterocycles. The first-order valence-electron chi connectivity index (χ1n) is 4.17. The lowest BCUT2D eigenvalue weighted by molar-refractivity contribution is -0.0504. The molecular weight excluding hydrogens is 270 g/mol. The first-order chi connectivity index (χ1) is 6.91. The number of hydrogen-bond acceptors (Lipinski definition) is 2. The molecule has 2 nitrogen and oxygen atoms in total. The Kier molecular flexibility index (Phi) is 3.79. The average Bonchev–Trinajstić information content (AvgIpc) is 2.11. The Morgan fingerprint density at radius 2 is 2.07 bits per heavy atom. The van der Waals surface area contributed by atoms with E-state index in [0.717, 1.165) is 0 Å². The molecule has 0 saturated carbocycles. The molecular formula is C10H9BrF2O2. The first kappa shape index (κ1) is 12.1. The molecule has 1 aromatic rings. The third kappa shape index (κ3) is 2.99. The Morgan fingerprint density at radius 3 is 2.53 bits per heavy atom. The van der Waals surface area contributed by atoms with Crippen molar-refractivity contribution >= 4 is 21.7 Å². The predicted molar refractivity (Wildman–Crippen MR) is 55.5 cm³/mol. The highest BCUT2D eigenvalue weighted by Gasteiger charge is 2.13. The third-order valence-electron chi connectivity index (χ3n) is 1.84. The van der Waals surface area contributed by atoms with E-state index in [0.29, 0.717) is 15.6 Å². The molecule has 15 heavy (non-hydrogen) atoms. The summed E-state index contributed by atoms with van der Waals surface area (Å²) < 4.78 is 28.8. The molecule has 0 aliphatic carbocycles. The molecule has 82 valence electrons. The lowest BCUT2D eigenvalue weighted by atomic mass is 10.1. The number of alkyl halides is 2. The van der Waals surface area contributed by atoms with Crippen molar-refractivity contribution < 1.29 is 18.3 Å². The molecule has 1 rings (SSSR count). The van der Waals surface area contributed by atoms with E-state index in [2.05, 4.69) is 20.7 Å². The van der Waals surface area contributed by atoms with Crippen LogP contribution in [0.5, 0.6) is 5.75 Å². The fraction of sp³-hybridized carbons (Fsp3) is 0.300. The van der Waals surface area contributed by atoms with Gasteiger partial charge < -0.3 is 4.74 Å². The Morgan fingerprint density at radius 1 is 1.47 bits per heavy atom. The van der Waals surface area contributed by atoms with Crippen LogP contribution in [0, 0.1) is 6.92 Å². The van der Waals surface area contributed by atoms with Crippen molar-refractivity contribution in [1.29, 1.82) is 0 Å². The number of hydrogen-bond donors (Lipinski definition) is 0. The number of benzene rings is 1. The molecule has 0 saturated heterocycles. The Balaban J connectivity index is 3.19. The minimum Gasteiger partial charge on any atom is -0.434 e. The Labute approximate surface area is 94.4 Å². The van der Waals surface area contributed by atoms with Crippen LogP contribution in [0.4, 0.5) is 8.78 Å². The summed E-state index contributed by atoms with van der Waals surface area (Å²) in [6.07, 6.45) is 0. The van der Waals surface area contributed by atoms with Gasteiger partial charge in [0.25, 0.3) is 0 Å². The third-order valence-corrected chi connectivity index (χ3v) is 2.86. The molecule has 0 aliphatic rings. The van der Waals surface area contributed by atoms with E-state index in [4.69, 9.17) is 0 Å². The van der Waals surface area contributed by atoms with Crippen LogP contribution >= 0.6 is 15.9 Å². The highest BCUT2D eigenvalue weighted by Crippen LogP contribution is 2.31. The van der Waals surface area contributed by atoms with Gasteiger partial charge in [0.05, 0.1) is 4.47 Å². The van der Waals surface area contributed by atoms with Crippen molar-refractivity contribution in [2.24, 2.45) is 0 Å². The summed E-state index contributed by atoms with van der Waals surface area (Å²) in [7, 11) is 0. The van der Waals surface area contributed by atoms with Crippen molar-refractivity contribution in [2.75, 3.05) is 0 Å². The van der Waals surface area contributed by atoms with Gasteiger partial charge in [0.15, 0.2) is 5.78 Å². The van der Waals surface area contributed by atoms with Crippen molar-refractivity contribution in [2.45, 2.75) is 20.5 Å². The maximum absolute atomic E-state index is 12.0. The number of ether oxygens (including phenoxy) is 1. The Bertz CT molecular complexity index is 391. The summed E-state index contributed by atoms with van der Waals surface area (Å²) in [4.78, 5) is 11.1. The molecule has 0 heterocycles. The van der Waals surface area contributed by atoms with Crippen molar-refractivity contribution in [1.82, 2.24) is 0 Å². The topological polar surface area (TPSA) is 26.3 Å². The zero-order valence-electron chi connectivity index (χ0n) is 8.18. The number of Topliss-reactive ketones (excluding diaryl/α,β-unsaturated/α-hetero) is 1. The molecule has 0 radical (unpaired) electrons. The lowest BCUT2D eigenvalue weighted by Crippen LogP contribution is -2.04. The van der Waals surface area contributed by atoms with Gasteiger partial charge in [0.1, 0.15) is 5.75 Å². The second kappa shape index (κ2) is 4.70. The van der Waals surface area contributed by atoms with Gasteiger partial charge in [-0.2, -0.15) is 8.78 Å². The highest BCUT2D eigenvalue weighted by molar-refractivity contribution is 9.10. The summed E-state index contributed by atoms with van der Waals surface area (Å²) in [5.41, 5.74) is 1.03. The molecule has 1 aromatic carbocycles. The standard InChI is InChI=1S/C10H9BrF2O2/c1-5-3-7(6(2)14)4-8(9(5)11)15-10(12)13/h3-4,10H,1-2H3. The molecule has 5 heteroatoms. The second-order valence-electron chi connectivity index (χ2n) is 3.04. The summed E-state index contributed by atoms with van der Waals surface area (Å²) in [6, 6.07) is 2.91. The number of carbonyl (C=O) groups excluding carboxylic acids is 1. The minimum absolute atomic E-state index is 0.0183. The van der Waals surface area contributed by atoms with Crippen LogP contribution in [-0.4, -0.2) is 12.4 Å². The second-order valence-corrected chi connectivity index (χ2v) is 3.83. The van der Waals surface area contributed by atoms with E-state index >= 15 is 0 Å². The lowest BCUT2D eigenvalue weighted by Gasteiger charge is -2.10. The first-order valence-corrected chi connectivity index (χ1v) is 4.97. The SMILES string of the molecule is CC(=O)c1cc(C)c(Br)c(OC(F)F)c1. The van der Waals surface area contributed by atoms with Crippen LogP contribution in [0.3, 0.4) is 0 Å². The van der Waals surface area contributed by atoms with Gasteiger partial charge in [-0.1, -0.05) is 0 Å². The van der Waals surface area contributed by atoms with Crippen LogP contribution in [0.2, 0.25) is 0 Å². The van der Waals surface area contributed by atoms with E-state index in [1.165, 1.54) is 13.0 Å². The van der Waals surface area contributed by atoms with Crippen LogP contribution in [0.25, 0.3) is 0 Å². The smallest absolute Gasteiger partial charge is 0.387 e. The van der Waals surface area contributed by atoms with Crippen LogP contribution in [-0.2, 0) is 0 Å². The zero-order chi connectivity index (χ0) is 11.6. The highest BCUT2D eigenvalue weighted by atomic mass is 79.9. The predicted octanol–water partition coefficient (Wildman–Crippen LogP) is 3.56. The number of carbonyl (C=O) groups is 1. The van der Waals surface area contributed by atoms with Crippen LogP contribution in [0.1, 0.15) is 22.8 Å². The van der Waals surface area contributed by atoms with Crippen molar-refractivity contribution in [3.63, 3.8) is 0 Å². The van der Waals surface area contributed by atoms with Crippen LogP contribution in [0.15, 0.2) is 16.6 Å². The number of halogens is 3. The maximum atomic E-state index is 12.0. The molecule has 0 bridgehead atoms. The normalized spacial score (nSPS) is 10.5. The van der Waals surface area contributed by atoms with Crippen molar-refractivity contribution in [3.05, 3.63) is 27.7 Å². The largest absolute Gasteiger partial charge is 0.434 e. The van der Waals surface area contributed by atoms with Crippen LogP contribution < -0.4 is 4.74 Å². The van der Waals surface area contributed by atoms with Gasteiger partial charge in [-0.15, -0.1) is 0 Å². The fourth-order valence-electron chi connectivity index (χ4n) is 1.12. The number of ketones is 1. The molecule has 0 fully saturated rings. The van der Waals surface area contributed by atoms with E-state index in [9.17, 15) is 13.6 Å². The minimum atomic E-state index is -2.90. The number of rotatable bonds is 3. The van der Waals surface area contributed by atoms with Crippen molar-refractivity contribution in [3.8, 4) is 5.75 Å². The van der Waals surface area contributed by atoms with Gasteiger partial charge in [0.2, 0.25) is 0 Å². The van der Waals surface area contributed by atoms with Gasteiger partial charge >= 0.3 is 6.61 Å². The quantitative estimate of drug-likeness (QED) is 0.791. The summed E-state index contributed by atoms with van der Waals surface area (Å²) in [6.45, 7) is 0.173. The number of aryl methyl sites for hydroxylation is 1. The van der Waals surface area contributed by atoms with Gasteiger partial charge in [-0.05, 0) is 47.5 Å². The molecule has 0 atom stereocenters. The van der Waals surface area contributed by atoms with E-state index in [1.54, 1.807) is 13.0 Å². The van der Waals surface area contributed by atoms with E-state index in [1.807, 2.05) is 0 Å². The fourth-order valence-corrected chi connectivity index (χ4v) is 1.44. The molecule has 0 spiro atoms. The van der Waals surface area contributed by atoms with Gasteiger partial charge in [-0.3, -0.25) is 4.79 Å². The monoisotopic (exact) mass is 278 g/mol. The summed E-state index contributed by atoms with van der Waals surface area (Å²) >= 11 is 3.12. The molecule has 0 N–H and O–H groups in total. The zero-order valence-corrected chi connectivity index (χ0v) is 9.77. The Hall–Kier alpha value is -0.970. The summed E-state index contributed by atoms with van der Waals surface area (Å²) in [5, 5.41) is 0. The van der Waals surface area contributed by atoms with E-state index in [-0.39, 0.29) is 11.5 Å².